The highest BCUT2D eigenvalue weighted by atomic mass is 32.2. The first kappa shape index (κ1) is 15.3. The van der Waals surface area contributed by atoms with Crippen molar-refractivity contribution >= 4 is 21.9 Å². The molecule has 9 nitrogen and oxygen atoms in total. The Morgan fingerprint density at radius 1 is 1.42 bits per heavy atom. The predicted octanol–water partition coefficient (Wildman–Crippen LogP) is -1.70. The number of nitrogens with zero attached hydrogens (tertiary/aromatic N) is 2. The van der Waals surface area contributed by atoms with E-state index in [2.05, 4.69) is 20.0 Å². The van der Waals surface area contributed by atoms with Crippen LogP contribution in [0.3, 0.4) is 0 Å². The highest BCUT2D eigenvalue weighted by Gasteiger charge is 2.14. The molecule has 1 rings (SSSR count). The zero-order chi connectivity index (χ0) is 14.3. The second-order valence-electron chi connectivity index (χ2n) is 3.41. The van der Waals surface area contributed by atoms with Crippen molar-refractivity contribution in [1.82, 2.24) is 14.7 Å². The topological polar surface area (TPSA) is 136 Å². The van der Waals surface area contributed by atoms with Gasteiger partial charge in [-0.3, -0.25) is 4.79 Å². The molecule has 0 aliphatic rings. The highest BCUT2D eigenvalue weighted by molar-refractivity contribution is 7.89. The number of ether oxygens (including phenoxy) is 1. The quantitative estimate of drug-likeness (QED) is 0.485. The van der Waals surface area contributed by atoms with E-state index in [0.717, 1.165) is 0 Å². The van der Waals surface area contributed by atoms with E-state index < -0.39 is 15.9 Å². The lowest BCUT2D eigenvalue weighted by Gasteiger charge is -2.06. The molecule has 0 aromatic carbocycles. The number of carbonyl (C=O) groups excluding carboxylic acids is 1. The molecule has 0 radical (unpaired) electrons. The second kappa shape index (κ2) is 6.97. The summed E-state index contributed by atoms with van der Waals surface area (Å²) in [5, 5.41) is 2.67. The Balaban J connectivity index is 2.48. The number of nitrogens with one attached hydrogen (secondary N) is 2. The van der Waals surface area contributed by atoms with Crippen LogP contribution in [0.2, 0.25) is 0 Å². The molecule has 10 heteroatoms. The number of hydrogen-bond donors (Lipinski definition) is 3. The molecule has 0 aliphatic carbocycles. The van der Waals surface area contributed by atoms with E-state index in [4.69, 9.17) is 10.5 Å². The first-order valence-electron chi connectivity index (χ1n) is 5.31. The highest BCUT2D eigenvalue weighted by Crippen LogP contribution is 2.06. The maximum atomic E-state index is 11.8. The van der Waals surface area contributed by atoms with Crippen molar-refractivity contribution in [3.05, 3.63) is 12.4 Å². The van der Waals surface area contributed by atoms with Crippen molar-refractivity contribution in [3.63, 3.8) is 0 Å². The predicted molar refractivity (Wildman–Crippen MR) is 66.8 cm³/mol. The van der Waals surface area contributed by atoms with E-state index in [1.165, 1.54) is 12.4 Å². The molecule has 0 saturated carbocycles. The summed E-state index contributed by atoms with van der Waals surface area (Å²) in [6, 6.07) is 0. The molecule has 0 fully saturated rings. The Labute approximate surface area is 110 Å². The van der Waals surface area contributed by atoms with Crippen molar-refractivity contribution in [2.75, 3.05) is 32.1 Å². The van der Waals surface area contributed by atoms with E-state index in [1.54, 1.807) is 7.05 Å². The number of primary amides is 1. The van der Waals surface area contributed by atoms with Crippen LogP contribution in [-0.2, 0) is 19.6 Å². The van der Waals surface area contributed by atoms with Gasteiger partial charge >= 0.3 is 0 Å². The average molecular weight is 289 g/mol. The second-order valence-corrected chi connectivity index (χ2v) is 5.18. The molecule has 4 N–H and O–H groups in total. The summed E-state index contributed by atoms with van der Waals surface area (Å²) in [6.45, 7) is -0.192. The van der Waals surface area contributed by atoms with Gasteiger partial charge in [0.05, 0.1) is 19.0 Å². The zero-order valence-electron chi connectivity index (χ0n) is 10.3. The lowest BCUT2D eigenvalue weighted by atomic mass is 10.6. The number of sulfonamides is 1. The fourth-order valence-electron chi connectivity index (χ4n) is 1.09. The van der Waals surface area contributed by atoms with E-state index in [0.29, 0.717) is 5.95 Å². The molecular formula is C9H15N5O4S. The molecule has 1 amide bonds. The third kappa shape index (κ3) is 5.16. The van der Waals surface area contributed by atoms with Crippen molar-refractivity contribution in [2.24, 2.45) is 5.73 Å². The van der Waals surface area contributed by atoms with Gasteiger partial charge in [0.2, 0.25) is 21.9 Å². The number of amides is 1. The fraction of sp³-hybridized carbons (Fsp3) is 0.444. The monoisotopic (exact) mass is 289 g/mol. The molecular weight excluding hydrogens is 274 g/mol. The summed E-state index contributed by atoms with van der Waals surface area (Å²) in [5.74, 6) is -0.289. The smallest absolute Gasteiger partial charge is 0.243 e. The number of aromatic nitrogens is 2. The normalized spacial score (nSPS) is 11.2. The Morgan fingerprint density at radius 3 is 2.58 bits per heavy atom. The van der Waals surface area contributed by atoms with Crippen molar-refractivity contribution in [2.45, 2.75) is 4.90 Å². The lowest BCUT2D eigenvalue weighted by molar-refractivity contribution is -0.122. The molecule has 0 unspecified atom stereocenters. The summed E-state index contributed by atoms with van der Waals surface area (Å²) < 4.78 is 30.6. The third-order valence-corrected chi connectivity index (χ3v) is 3.36. The number of hydrogen-bond acceptors (Lipinski definition) is 7. The van der Waals surface area contributed by atoms with Crippen LogP contribution >= 0.6 is 0 Å². The maximum absolute atomic E-state index is 11.8. The molecule has 0 saturated heterocycles. The Kier molecular flexibility index (Phi) is 5.60. The molecule has 1 aromatic heterocycles. The van der Waals surface area contributed by atoms with Crippen molar-refractivity contribution in [3.8, 4) is 0 Å². The molecule has 0 bridgehead atoms. The van der Waals surface area contributed by atoms with Gasteiger partial charge in [0.25, 0.3) is 0 Å². The van der Waals surface area contributed by atoms with Crippen LogP contribution in [0.1, 0.15) is 0 Å². The van der Waals surface area contributed by atoms with Gasteiger partial charge < -0.3 is 15.8 Å². The van der Waals surface area contributed by atoms with E-state index >= 15 is 0 Å². The SMILES string of the molecule is CNc1ncc(S(=O)(=O)NCCOCC(N)=O)cn1. The van der Waals surface area contributed by atoms with Crippen LogP contribution < -0.4 is 15.8 Å². The summed E-state index contributed by atoms with van der Waals surface area (Å²) in [5.41, 5.74) is 4.85. The van der Waals surface area contributed by atoms with Gasteiger partial charge in [-0.05, 0) is 0 Å². The largest absolute Gasteiger partial charge is 0.370 e. The number of anilines is 1. The minimum atomic E-state index is -3.68. The van der Waals surface area contributed by atoms with Crippen molar-refractivity contribution < 1.29 is 17.9 Å². The van der Waals surface area contributed by atoms with Crippen molar-refractivity contribution in [1.29, 1.82) is 0 Å². The fourth-order valence-corrected chi connectivity index (χ4v) is 1.99. The number of carbonyl (C=O) groups is 1. The number of nitrogens with two attached hydrogens (primary N) is 1. The number of rotatable bonds is 8. The van der Waals surface area contributed by atoms with E-state index in [-0.39, 0.29) is 24.7 Å². The van der Waals surface area contributed by atoms with Gasteiger partial charge in [0.15, 0.2) is 0 Å². The molecule has 0 atom stereocenters. The average Bonchev–Trinajstić information content (AvgIpc) is 2.38. The van der Waals surface area contributed by atoms with Crippen LogP contribution in [0.5, 0.6) is 0 Å². The Hall–Kier alpha value is -1.78. The van der Waals surface area contributed by atoms with Crippen LogP contribution in [0.15, 0.2) is 17.3 Å². The summed E-state index contributed by atoms with van der Waals surface area (Å²) >= 11 is 0. The first-order valence-corrected chi connectivity index (χ1v) is 6.79. The molecule has 0 spiro atoms. The third-order valence-electron chi connectivity index (χ3n) is 1.94. The lowest BCUT2D eigenvalue weighted by Crippen LogP contribution is -2.29. The standard InChI is InChI=1S/C9H15N5O4S/c1-11-9-12-4-7(5-13-9)19(16,17)14-2-3-18-6-8(10)15/h4-5,14H,2-3,6H2,1H3,(H2,10,15)(H,11,12,13). The minimum absolute atomic E-state index is 0.0173. The van der Waals surface area contributed by atoms with Gasteiger partial charge in [-0.2, -0.15) is 0 Å². The summed E-state index contributed by atoms with van der Waals surface area (Å²) in [4.78, 5) is 17.9. The summed E-state index contributed by atoms with van der Waals surface area (Å²) in [6.07, 6.45) is 2.37. The summed E-state index contributed by atoms with van der Waals surface area (Å²) in [7, 11) is -2.06. The molecule has 106 valence electrons. The van der Waals surface area contributed by atoms with Crippen LogP contribution in [-0.4, -0.2) is 51.1 Å². The minimum Gasteiger partial charge on any atom is -0.370 e. The van der Waals surface area contributed by atoms with Gasteiger partial charge in [-0.1, -0.05) is 0 Å². The van der Waals surface area contributed by atoms with E-state index in [9.17, 15) is 13.2 Å². The molecule has 0 aliphatic heterocycles. The van der Waals surface area contributed by atoms with Crippen LogP contribution in [0.25, 0.3) is 0 Å². The Morgan fingerprint density at radius 2 is 2.05 bits per heavy atom. The van der Waals surface area contributed by atoms with Gasteiger partial charge in [0, 0.05) is 13.6 Å². The van der Waals surface area contributed by atoms with E-state index in [1.807, 2.05) is 0 Å². The van der Waals surface area contributed by atoms with Gasteiger partial charge in [-0.25, -0.2) is 23.1 Å². The molecule has 19 heavy (non-hydrogen) atoms. The Bertz CT molecular complexity index is 516. The van der Waals surface area contributed by atoms with Crippen LogP contribution in [0, 0.1) is 0 Å². The van der Waals surface area contributed by atoms with Gasteiger partial charge in [0.1, 0.15) is 11.5 Å². The van der Waals surface area contributed by atoms with Crippen LogP contribution in [0.4, 0.5) is 5.95 Å². The molecule has 1 aromatic rings. The maximum Gasteiger partial charge on any atom is 0.243 e. The zero-order valence-corrected chi connectivity index (χ0v) is 11.1. The van der Waals surface area contributed by atoms with Gasteiger partial charge in [-0.15, -0.1) is 0 Å². The molecule has 1 heterocycles. The first-order chi connectivity index (χ1) is 8.95.